The molecule has 0 spiro atoms. The zero-order valence-electron chi connectivity index (χ0n) is 11.6. The van der Waals surface area contributed by atoms with Gasteiger partial charge in [-0.05, 0) is 31.6 Å². The predicted molar refractivity (Wildman–Crippen MR) is 81.9 cm³/mol. The van der Waals surface area contributed by atoms with E-state index in [0.717, 1.165) is 25.7 Å². The summed E-state index contributed by atoms with van der Waals surface area (Å²) in [4.78, 5) is 37.3. The van der Waals surface area contributed by atoms with E-state index in [0.29, 0.717) is 12.5 Å². The molecule has 114 valence electrons. The maximum absolute atomic E-state index is 11.9. The number of hydrogen-bond acceptors (Lipinski definition) is 4. The van der Waals surface area contributed by atoms with Gasteiger partial charge in [0.25, 0.3) is 5.56 Å². The van der Waals surface area contributed by atoms with Crippen LogP contribution in [0.25, 0.3) is 0 Å². The number of Topliss-reactive ketones (excluding diaryl/α,β-unsaturated/α-hetero) is 1. The van der Waals surface area contributed by atoms with Gasteiger partial charge in [0.15, 0.2) is 5.78 Å². The summed E-state index contributed by atoms with van der Waals surface area (Å²) in [5.74, 6) is -0.537. The molecule has 0 saturated carbocycles. The number of halogens is 1. The molecule has 0 amide bonds. The molecular weight excluding hydrogens is 294 g/mol. The molecule has 6 nitrogen and oxygen atoms in total. The van der Waals surface area contributed by atoms with Crippen molar-refractivity contribution >= 4 is 23.2 Å². The molecule has 0 fully saturated rings. The highest BCUT2D eigenvalue weighted by Gasteiger charge is 2.19. The molecule has 1 aromatic rings. The number of hydrogen-bond donors (Lipinski definition) is 2. The largest absolute Gasteiger partial charge is 0.384 e. The number of aromatic amines is 1. The molecule has 7 heteroatoms. The third kappa shape index (κ3) is 3.44. The monoisotopic (exact) mass is 311 g/mol. The molecule has 3 N–H and O–H groups in total. The Labute approximate surface area is 126 Å². The number of allylic oxidation sites excluding steroid dienone is 2. The maximum Gasteiger partial charge on any atom is 0.329 e. The topological polar surface area (TPSA) is 98.0 Å². The van der Waals surface area contributed by atoms with Gasteiger partial charge in [-0.25, -0.2) is 4.79 Å². The number of nitrogens with one attached hydrogen (secondary N) is 1. The summed E-state index contributed by atoms with van der Waals surface area (Å²) in [6.07, 6.45) is 8.14. The van der Waals surface area contributed by atoms with Crippen LogP contribution in [-0.2, 0) is 6.54 Å². The van der Waals surface area contributed by atoms with E-state index in [2.05, 4.69) is 17.1 Å². The van der Waals surface area contributed by atoms with Crippen molar-refractivity contribution in [1.82, 2.24) is 9.55 Å². The van der Waals surface area contributed by atoms with E-state index in [-0.39, 0.29) is 17.3 Å². The Bertz CT molecular complexity index is 675. The minimum Gasteiger partial charge on any atom is -0.384 e. The van der Waals surface area contributed by atoms with Crippen LogP contribution in [0, 0.1) is 5.92 Å². The third-order valence-electron chi connectivity index (χ3n) is 3.78. The lowest BCUT2D eigenvalue weighted by Crippen LogP contribution is -2.36. The summed E-state index contributed by atoms with van der Waals surface area (Å²) in [5, 5.41) is 0. The highest BCUT2D eigenvalue weighted by molar-refractivity contribution is 6.31. The number of ketones is 1. The zero-order chi connectivity index (χ0) is 15.4. The quantitative estimate of drug-likeness (QED) is 0.486. The zero-order valence-corrected chi connectivity index (χ0v) is 12.4. The summed E-state index contributed by atoms with van der Waals surface area (Å²) in [6, 6.07) is 0. The number of alkyl halides is 1. The first kappa shape index (κ1) is 15.6. The highest BCUT2D eigenvalue weighted by atomic mass is 35.5. The molecule has 0 bridgehead atoms. The van der Waals surface area contributed by atoms with E-state index in [9.17, 15) is 14.4 Å². The maximum atomic E-state index is 11.9. The van der Waals surface area contributed by atoms with Crippen molar-refractivity contribution in [3.63, 3.8) is 0 Å². The minimum atomic E-state index is -0.778. The van der Waals surface area contributed by atoms with Crippen LogP contribution in [0.15, 0.2) is 21.7 Å². The van der Waals surface area contributed by atoms with Crippen LogP contribution in [0.1, 0.15) is 36.0 Å². The van der Waals surface area contributed by atoms with Gasteiger partial charge in [-0.3, -0.25) is 19.1 Å². The Kier molecular flexibility index (Phi) is 5.01. The van der Waals surface area contributed by atoms with Crippen LogP contribution < -0.4 is 17.0 Å². The number of nitrogens with two attached hydrogens (primary N) is 1. The fourth-order valence-corrected chi connectivity index (χ4v) is 2.71. The van der Waals surface area contributed by atoms with Crippen molar-refractivity contribution in [1.29, 1.82) is 0 Å². The smallest absolute Gasteiger partial charge is 0.329 e. The molecule has 1 aliphatic rings. The number of H-pyrrole nitrogens is 1. The van der Waals surface area contributed by atoms with Gasteiger partial charge in [0, 0.05) is 6.54 Å². The number of nitrogen functional groups attached to an aromatic ring is 1. The summed E-state index contributed by atoms with van der Waals surface area (Å²) in [7, 11) is 0. The van der Waals surface area contributed by atoms with Crippen LogP contribution in [0.3, 0.4) is 0 Å². The van der Waals surface area contributed by atoms with E-state index in [1.165, 1.54) is 4.57 Å². The SMILES string of the molecule is Nc1c(C(=O)CCl)c(=O)[nH]c(=O)n1CC[C@@H]1CC=CCC1. The lowest BCUT2D eigenvalue weighted by atomic mass is 9.91. The molecule has 0 aromatic carbocycles. The molecule has 1 atom stereocenters. The molecule has 0 aliphatic heterocycles. The molecule has 1 aromatic heterocycles. The first-order valence-corrected chi connectivity index (χ1v) is 7.44. The van der Waals surface area contributed by atoms with Gasteiger partial charge in [-0.2, -0.15) is 0 Å². The highest BCUT2D eigenvalue weighted by Crippen LogP contribution is 2.22. The number of carbonyl (C=O) groups is 1. The van der Waals surface area contributed by atoms with E-state index in [1.54, 1.807) is 0 Å². The van der Waals surface area contributed by atoms with E-state index in [4.69, 9.17) is 17.3 Å². The average Bonchev–Trinajstić information content (AvgIpc) is 2.47. The van der Waals surface area contributed by atoms with E-state index in [1.807, 2.05) is 0 Å². The number of carbonyl (C=O) groups excluding carboxylic acids is 1. The Morgan fingerprint density at radius 3 is 2.81 bits per heavy atom. The van der Waals surface area contributed by atoms with Crippen LogP contribution in [0.4, 0.5) is 5.82 Å². The van der Waals surface area contributed by atoms with Crippen LogP contribution in [0.5, 0.6) is 0 Å². The molecular formula is C14H18ClN3O3. The standard InChI is InChI=1S/C14H18ClN3O3/c15-8-10(19)11-12(16)18(14(21)17-13(11)20)7-6-9-4-2-1-3-5-9/h1-2,9H,3-8,16H2,(H,17,20,21)/t9-/m1/s1. The van der Waals surface area contributed by atoms with Gasteiger partial charge in [0.2, 0.25) is 0 Å². The summed E-state index contributed by atoms with van der Waals surface area (Å²) < 4.78 is 1.25. The van der Waals surface area contributed by atoms with Crippen molar-refractivity contribution in [2.45, 2.75) is 32.2 Å². The third-order valence-corrected chi connectivity index (χ3v) is 4.02. The molecule has 2 rings (SSSR count). The first-order chi connectivity index (χ1) is 10.0. The summed E-state index contributed by atoms with van der Waals surface area (Å²) >= 11 is 5.47. The molecule has 0 radical (unpaired) electrons. The van der Waals surface area contributed by atoms with Gasteiger partial charge >= 0.3 is 5.69 Å². The second kappa shape index (κ2) is 6.76. The Hall–Kier alpha value is -1.82. The van der Waals surface area contributed by atoms with Crippen molar-refractivity contribution < 1.29 is 4.79 Å². The van der Waals surface area contributed by atoms with E-state index < -0.39 is 17.0 Å². The van der Waals surface area contributed by atoms with Gasteiger partial charge in [0.05, 0.1) is 5.88 Å². The second-order valence-corrected chi connectivity index (χ2v) is 5.43. The van der Waals surface area contributed by atoms with Crippen molar-refractivity contribution in [2.75, 3.05) is 11.6 Å². The Balaban J connectivity index is 2.26. The van der Waals surface area contributed by atoms with Crippen LogP contribution >= 0.6 is 11.6 Å². The van der Waals surface area contributed by atoms with Gasteiger partial charge in [-0.15, -0.1) is 11.6 Å². The Morgan fingerprint density at radius 1 is 1.43 bits per heavy atom. The van der Waals surface area contributed by atoms with E-state index >= 15 is 0 Å². The van der Waals surface area contributed by atoms with Crippen molar-refractivity contribution in [2.24, 2.45) is 5.92 Å². The molecule has 1 aliphatic carbocycles. The average molecular weight is 312 g/mol. The first-order valence-electron chi connectivity index (χ1n) is 6.91. The van der Waals surface area contributed by atoms with Crippen LogP contribution in [0.2, 0.25) is 0 Å². The lowest BCUT2D eigenvalue weighted by Gasteiger charge is -2.19. The number of anilines is 1. The van der Waals surface area contributed by atoms with Gasteiger partial charge in [0.1, 0.15) is 11.4 Å². The molecule has 21 heavy (non-hydrogen) atoms. The fraction of sp³-hybridized carbons (Fsp3) is 0.500. The number of nitrogens with zero attached hydrogens (tertiary/aromatic N) is 1. The van der Waals surface area contributed by atoms with Gasteiger partial charge < -0.3 is 5.73 Å². The summed E-state index contributed by atoms with van der Waals surface area (Å²) in [6.45, 7) is 0.377. The van der Waals surface area contributed by atoms with Crippen molar-refractivity contribution in [3.8, 4) is 0 Å². The predicted octanol–water partition coefficient (Wildman–Crippen LogP) is 1.29. The molecule has 0 unspecified atom stereocenters. The lowest BCUT2D eigenvalue weighted by molar-refractivity contribution is 0.101. The summed E-state index contributed by atoms with van der Waals surface area (Å²) in [5.41, 5.74) is 4.23. The number of rotatable bonds is 5. The second-order valence-electron chi connectivity index (χ2n) is 5.17. The molecule has 1 heterocycles. The number of aromatic nitrogens is 2. The fourth-order valence-electron chi connectivity index (χ4n) is 2.58. The van der Waals surface area contributed by atoms with Gasteiger partial charge in [-0.1, -0.05) is 12.2 Å². The van der Waals surface area contributed by atoms with Crippen molar-refractivity contribution in [3.05, 3.63) is 38.6 Å². The normalized spacial score (nSPS) is 17.9. The Morgan fingerprint density at radius 2 is 2.19 bits per heavy atom. The van der Waals surface area contributed by atoms with Crippen LogP contribution in [-0.4, -0.2) is 21.2 Å². The minimum absolute atomic E-state index is 0.0965. The molecule has 0 saturated heterocycles.